The molecule has 1 aromatic rings. The van der Waals surface area contributed by atoms with E-state index in [-0.39, 0.29) is 12.3 Å². The Morgan fingerprint density at radius 2 is 2.05 bits per heavy atom. The molecular formula is C14H16F2N2O2. The molecule has 2 amide bonds. The number of hydrogen-bond donors (Lipinski definition) is 2. The summed E-state index contributed by atoms with van der Waals surface area (Å²) in [5.74, 6) is -5.08. The molecule has 2 rings (SSSR count). The van der Waals surface area contributed by atoms with Crippen molar-refractivity contribution in [3.8, 4) is 0 Å². The summed E-state index contributed by atoms with van der Waals surface area (Å²) in [5, 5.41) is 4.97. The summed E-state index contributed by atoms with van der Waals surface area (Å²) in [6.07, 6.45) is 0.000814. The van der Waals surface area contributed by atoms with Crippen molar-refractivity contribution in [1.82, 2.24) is 10.6 Å². The molecule has 1 saturated heterocycles. The Morgan fingerprint density at radius 3 is 2.65 bits per heavy atom. The molecule has 1 heterocycles. The molecule has 2 N–H and O–H groups in total. The van der Waals surface area contributed by atoms with Crippen LogP contribution in [0.4, 0.5) is 8.78 Å². The zero-order valence-corrected chi connectivity index (χ0v) is 11.2. The number of amides is 2. The number of carbonyl (C=O) groups excluding carboxylic acids is 2. The van der Waals surface area contributed by atoms with Crippen molar-refractivity contribution in [3.63, 3.8) is 0 Å². The molecule has 0 radical (unpaired) electrons. The molecule has 0 unspecified atom stereocenters. The highest BCUT2D eigenvalue weighted by atomic mass is 19.3. The molecular weight excluding hydrogens is 266 g/mol. The fourth-order valence-electron chi connectivity index (χ4n) is 2.31. The van der Waals surface area contributed by atoms with Gasteiger partial charge in [-0.25, -0.2) is 0 Å². The van der Waals surface area contributed by atoms with E-state index in [1.807, 2.05) is 25.1 Å². The van der Waals surface area contributed by atoms with Crippen LogP contribution in [0.25, 0.3) is 0 Å². The van der Waals surface area contributed by atoms with Crippen LogP contribution < -0.4 is 10.6 Å². The van der Waals surface area contributed by atoms with E-state index >= 15 is 0 Å². The van der Waals surface area contributed by atoms with Crippen molar-refractivity contribution in [3.05, 3.63) is 35.4 Å². The fraction of sp³-hybridized carbons (Fsp3) is 0.429. The van der Waals surface area contributed by atoms with E-state index in [2.05, 4.69) is 10.6 Å². The van der Waals surface area contributed by atoms with E-state index in [1.165, 1.54) is 0 Å². The van der Waals surface area contributed by atoms with E-state index in [9.17, 15) is 18.4 Å². The molecule has 20 heavy (non-hydrogen) atoms. The van der Waals surface area contributed by atoms with Crippen LogP contribution in [0.5, 0.6) is 0 Å². The van der Waals surface area contributed by atoms with Crippen molar-refractivity contribution >= 4 is 11.8 Å². The molecule has 1 aromatic carbocycles. The molecule has 2 atom stereocenters. The van der Waals surface area contributed by atoms with Crippen molar-refractivity contribution in [2.24, 2.45) is 0 Å². The summed E-state index contributed by atoms with van der Waals surface area (Å²) >= 11 is 0. The largest absolute Gasteiger partial charge is 0.347 e. The predicted molar refractivity (Wildman–Crippen MR) is 69.2 cm³/mol. The molecule has 1 aliphatic rings. The van der Waals surface area contributed by atoms with Gasteiger partial charge in [0.1, 0.15) is 0 Å². The smallest absolute Gasteiger partial charge is 0.321 e. The lowest BCUT2D eigenvalue weighted by atomic mass is 9.96. The third kappa shape index (κ3) is 2.95. The van der Waals surface area contributed by atoms with Gasteiger partial charge in [-0.15, -0.1) is 0 Å². The zero-order chi connectivity index (χ0) is 14.9. The number of aryl methyl sites for hydroxylation is 1. The number of benzene rings is 1. The highest BCUT2D eigenvalue weighted by Crippen LogP contribution is 2.27. The Hall–Kier alpha value is -1.98. The average molecular weight is 282 g/mol. The lowest BCUT2D eigenvalue weighted by Crippen LogP contribution is -2.45. The monoisotopic (exact) mass is 282 g/mol. The third-order valence-corrected chi connectivity index (χ3v) is 3.36. The summed E-state index contributed by atoms with van der Waals surface area (Å²) in [5.41, 5.74) is 1.75. The van der Waals surface area contributed by atoms with E-state index in [0.717, 1.165) is 11.1 Å². The first-order valence-electron chi connectivity index (χ1n) is 6.32. The molecule has 1 fully saturated rings. The van der Waals surface area contributed by atoms with Crippen molar-refractivity contribution < 1.29 is 18.4 Å². The lowest BCUT2D eigenvalue weighted by Gasteiger charge is -2.23. The maximum Gasteiger partial charge on any atom is 0.321 e. The standard InChI is InChI=1S/C14H16F2N2O2/c1-8-5-3-4-6-9(8)12-10(7-11(19)18-12)17-13(20)14(2,15)16/h3-6,10,12H,7H2,1-2H3,(H,17,20)(H,18,19)/t10-,12+/m1/s1. The maximum atomic E-state index is 13.0. The van der Waals surface area contributed by atoms with Crippen LogP contribution in [0.1, 0.15) is 30.5 Å². The van der Waals surface area contributed by atoms with Gasteiger partial charge >= 0.3 is 5.92 Å². The van der Waals surface area contributed by atoms with Crippen LogP contribution in [0.15, 0.2) is 24.3 Å². The second kappa shape index (κ2) is 5.19. The van der Waals surface area contributed by atoms with Gasteiger partial charge in [0.05, 0.1) is 12.1 Å². The Balaban J connectivity index is 2.22. The van der Waals surface area contributed by atoms with Crippen molar-refractivity contribution in [2.45, 2.75) is 38.3 Å². The molecule has 0 aliphatic carbocycles. The van der Waals surface area contributed by atoms with E-state index in [4.69, 9.17) is 0 Å². The summed E-state index contributed by atoms with van der Waals surface area (Å²) in [4.78, 5) is 22.9. The summed E-state index contributed by atoms with van der Waals surface area (Å²) < 4.78 is 25.9. The number of halogens is 2. The van der Waals surface area contributed by atoms with Crippen LogP contribution in [-0.2, 0) is 9.59 Å². The highest BCUT2D eigenvalue weighted by molar-refractivity contribution is 5.86. The number of alkyl halides is 2. The van der Waals surface area contributed by atoms with Gasteiger partial charge in [0.15, 0.2) is 0 Å². The molecule has 0 spiro atoms. The molecule has 1 aliphatic heterocycles. The third-order valence-electron chi connectivity index (χ3n) is 3.36. The van der Waals surface area contributed by atoms with Crippen molar-refractivity contribution in [1.29, 1.82) is 0 Å². The number of hydrogen-bond acceptors (Lipinski definition) is 2. The van der Waals surface area contributed by atoms with Crippen LogP contribution in [0.3, 0.4) is 0 Å². The van der Waals surface area contributed by atoms with E-state index in [1.54, 1.807) is 6.07 Å². The first-order chi connectivity index (χ1) is 9.29. The van der Waals surface area contributed by atoms with E-state index in [0.29, 0.717) is 6.92 Å². The van der Waals surface area contributed by atoms with Gasteiger partial charge in [0.2, 0.25) is 5.91 Å². The highest BCUT2D eigenvalue weighted by Gasteiger charge is 2.40. The Labute approximate surface area is 115 Å². The topological polar surface area (TPSA) is 58.2 Å². The Bertz CT molecular complexity index is 540. The summed E-state index contributed by atoms with van der Waals surface area (Å²) in [6.45, 7) is 2.41. The van der Waals surface area contributed by atoms with Crippen LogP contribution in [0, 0.1) is 6.92 Å². The Morgan fingerprint density at radius 1 is 1.40 bits per heavy atom. The van der Waals surface area contributed by atoms with Gasteiger partial charge in [-0.1, -0.05) is 24.3 Å². The average Bonchev–Trinajstić information content (AvgIpc) is 2.69. The number of carbonyl (C=O) groups is 2. The van der Waals surface area contributed by atoms with Gasteiger partial charge in [-0.05, 0) is 18.1 Å². The van der Waals surface area contributed by atoms with E-state index < -0.39 is 23.9 Å². The molecule has 0 saturated carbocycles. The summed E-state index contributed by atoms with van der Waals surface area (Å²) in [6, 6.07) is 6.20. The number of rotatable bonds is 3. The summed E-state index contributed by atoms with van der Waals surface area (Å²) in [7, 11) is 0. The minimum Gasteiger partial charge on any atom is -0.347 e. The first-order valence-corrected chi connectivity index (χ1v) is 6.32. The lowest BCUT2D eigenvalue weighted by molar-refractivity contribution is -0.143. The van der Waals surface area contributed by atoms with Crippen LogP contribution in [-0.4, -0.2) is 23.8 Å². The minimum atomic E-state index is -3.46. The molecule has 108 valence electrons. The SMILES string of the molecule is Cc1ccccc1[C@@H]1NC(=O)C[C@H]1NC(=O)C(C)(F)F. The second-order valence-corrected chi connectivity index (χ2v) is 5.07. The molecule has 6 heteroatoms. The van der Waals surface area contributed by atoms with Crippen molar-refractivity contribution in [2.75, 3.05) is 0 Å². The zero-order valence-electron chi connectivity index (χ0n) is 11.2. The first kappa shape index (κ1) is 14.4. The molecule has 0 aromatic heterocycles. The molecule has 0 bridgehead atoms. The Kier molecular flexibility index (Phi) is 3.74. The van der Waals surface area contributed by atoms with Gasteiger partial charge in [-0.2, -0.15) is 8.78 Å². The van der Waals surface area contributed by atoms with Crippen LogP contribution in [0.2, 0.25) is 0 Å². The number of nitrogens with one attached hydrogen (secondary N) is 2. The molecule has 4 nitrogen and oxygen atoms in total. The fourth-order valence-corrected chi connectivity index (χ4v) is 2.31. The van der Waals surface area contributed by atoms with Gasteiger partial charge in [0.25, 0.3) is 5.91 Å². The van der Waals surface area contributed by atoms with Gasteiger partial charge in [-0.3, -0.25) is 9.59 Å². The van der Waals surface area contributed by atoms with Gasteiger partial charge in [0, 0.05) is 13.3 Å². The quantitative estimate of drug-likeness (QED) is 0.886. The maximum absolute atomic E-state index is 13.0. The normalized spacial score (nSPS) is 22.5. The second-order valence-electron chi connectivity index (χ2n) is 5.07. The minimum absolute atomic E-state index is 0.000814. The predicted octanol–water partition coefficient (Wildman–Crippen LogP) is 1.70. The van der Waals surface area contributed by atoms with Gasteiger partial charge < -0.3 is 10.6 Å². The van der Waals surface area contributed by atoms with Crippen LogP contribution >= 0.6 is 0 Å².